The summed E-state index contributed by atoms with van der Waals surface area (Å²) in [6, 6.07) is 0.972. The van der Waals surface area contributed by atoms with E-state index in [1.54, 1.807) is 4.90 Å². The van der Waals surface area contributed by atoms with Crippen molar-refractivity contribution in [1.82, 2.24) is 10.4 Å². The van der Waals surface area contributed by atoms with Crippen molar-refractivity contribution >= 4 is 24.1 Å². The van der Waals surface area contributed by atoms with Crippen molar-refractivity contribution in [2.24, 2.45) is 11.0 Å². The minimum Gasteiger partial charge on any atom is -0.356 e. The third kappa shape index (κ3) is 4.68. The predicted octanol–water partition coefficient (Wildman–Crippen LogP) is 2.19. The molecule has 9 heteroatoms. The molecular weight excluding hydrogens is 349 g/mol. The number of halogens is 3. The molecule has 1 aromatic rings. The minimum atomic E-state index is -4.60. The number of nitrogens with one attached hydrogen (secondary N) is 1. The van der Waals surface area contributed by atoms with Crippen molar-refractivity contribution in [1.29, 1.82) is 0 Å². The smallest absolute Gasteiger partial charge is 0.356 e. The molecule has 2 heterocycles. The van der Waals surface area contributed by atoms with Gasteiger partial charge in [-0.05, 0) is 31.1 Å². The summed E-state index contributed by atoms with van der Waals surface area (Å²) in [5.41, 5.74) is 1.91. The van der Waals surface area contributed by atoms with E-state index >= 15 is 0 Å². The average molecular weight is 368 g/mol. The van der Waals surface area contributed by atoms with E-state index in [1.165, 1.54) is 19.3 Å². The molecule has 0 amide bonds. The number of aldehydes is 2. The second-order valence-electron chi connectivity index (χ2n) is 5.77. The fraction of sp³-hybridized carbons (Fsp3) is 0.412. The Morgan fingerprint density at radius 3 is 2.58 bits per heavy atom. The van der Waals surface area contributed by atoms with Crippen molar-refractivity contribution in [3.05, 3.63) is 35.5 Å². The van der Waals surface area contributed by atoms with Gasteiger partial charge < -0.3 is 15.1 Å². The SMILES string of the molecule is CN/N=C(\C=C/C=O)c1cnc(N2CCC(C=O)CC2)c(C(F)(F)F)c1. The zero-order valence-electron chi connectivity index (χ0n) is 14.2. The first-order valence-corrected chi connectivity index (χ1v) is 8.04. The highest BCUT2D eigenvalue weighted by Crippen LogP contribution is 2.37. The van der Waals surface area contributed by atoms with Crippen LogP contribution in [-0.4, -0.2) is 43.4 Å². The maximum Gasteiger partial charge on any atom is 0.419 e. The molecule has 0 atom stereocenters. The molecule has 1 fully saturated rings. The Morgan fingerprint density at radius 1 is 1.35 bits per heavy atom. The molecule has 2 rings (SSSR count). The number of nitrogens with zero attached hydrogens (tertiary/aromatic N) is 3. The van der Waals surface area contributed by atoms with Crippen molar-refractivity contribution in [3.63, 3.8) is 0 Å². The molecule has 26 heavy (non-hydrogen) atoms. The summed E-state index contributed by atoms with van der Waals surface area (Å²) in [5.74, 6) is -0.281. The van der Waals surface area contributed by atoms with Gasteiger partial charge in [0.15, 0.2) is 0 Å². The molecule has 6 nitrogen and oxygen atoms in total. The molecule has 140 valence electrons. The lowest BCUT2D eigenvalue weighted by atomic mass is 9.98. The van der Waals surface area contributed by atoms with Gasteiger partial charge in [-0.1, -0.05) is 0 Å². The van der Waals surface area contributed by atoms with Gasteiger partial charge in [-0.3, -0.25) is 4.79 Å². The van der Waals surface area contributed by atoms with Gasteiger partial charge in [0.1, 0.15) is 18.4 Å². The second kappa shape index (κ2) is 8.59. The van der Waals surface area contributed by atoms with Crippen LogP contribution < -0.4 is 10.3 Å². The number of carbonyl (C=O) groups excluding carboxylic acids is 2. The summed E-state index contributed by atoms with van der Waals surface area (Å²) in [4.78, 5) is 26.9. The maximum absolute atomic E-state index is 13.6. The zero-order valence-corrected chi connectivity index (χ0v) is 14.2. The minimum absolute atomic E-state index is 0.122. The number of aromatic nitrogens is 1. The first-order chi connectivity index (χ1) is 12.4. The van der Waals surface area contributed by atoms with Gasteiger partial charge in [-0.15, -0.1) is 0 Å². The molecule has 1 aliphatic heterocycles. The van der Waals surface area contributed by atoms with Crippen LogP contribution in [0.15, 0.2) is 29.5 Å². The second-order valence-corrected chi connectivity index (χ2v) is 5.77. The Balaban J connectivity index is 2.42. The summed E-state index contributed by atoms with van der Waals surface area (Å²) >= 11 is 0. The molecule has 0 radical (unpaired) electrons. The van der Waals surface area contributed by atoms with E-state index in [0.717, 1.165) is 18.4 Å². The van der Waals surface area contributed by atoms with E-state index in [4.69, 9.17) is 0 Å². The van der Waals surface area contributed by atoms with Crippen LogP contribution in [0.2, 0.25) is 0 Å². The summed E-state index contributed by atoms with van der Waals surface area (Å²) in [7, 11) is 1.50. The maximum atomic E-state index is 13.6. The van der Waals surface area contributed by atoms with Crippen molar-refractivity contribution < 1.29 is 22.8 Å². The van der Waals surface area contributed by atoms with Gasteiger partial charge in [-0.25, -0.2) is 4.98 Å². The average Bonchev–Trinajstić information content (AvgIpc) is 2.64. The number of piperidine rings is 1. The summed E-state index contributed by atoms with van der Waals surface area (Å²) < 4.78 is 40.7. The fourth-order valence-electron chi connectivity index (χ4n) is 2.75. The van der Waals surface area contributed by atoms with Crippen LogP contribution in [0, 0.1) is 5.92 Å². The van der Waals surface area contributed by atoms with E-state index in [9.17, 15) is 22.8 Å². The molecule has 0 bridgehead atoms. The molecule has 1 aliphatic rings. The number of pyridine rings is 1. The lowest BCUT2D eigenvalue weighted by molar-refractivity contribution is -0.137. The molecule has 1 saturated heterocycles. The standard InChI is InChI=1S/C17H19F3N4O2/c1-21-23-15(3-2-8-25)13-9-14(17(18,19)20)16(22-10-13)24-6-4-12(11-26)5-7-24/h2-3,8-12,21H,4-7H2,1H3/b3-2-,23-15+. The lowest BCUT2D eigenvalue weighted by Crippen LogP contribution is -2.36. The van der Waals surface area contributed by atoms with Crippen LogP contribution in [0.3, 0.4) is 0 Å². The zero-order chi connectivity index (χ0) is 19.2. The van der Waals surface area contributed by atoms with Gasteiger partial charge in [0.2, 0.25) is 0 Å². The molecule has 0 aromatic carbocycles. The number of hydrogen-bond acceptors (Lipinski definition) is 6. The number of hydrazone groups is 1. The highest BCUT2D eigenvalue weighted by atomic mass is 19.4. The topological polar surface area (TPSA) is 74.7 Å². The van der Waals surface area contributed by atoms with E-state index in [-0.39, 0.29) is 23.0 Å². The third-order valence-corrected chi connectivity index (χ3v) is 4.06. The van der Waals surface area contributed by atoms with E-state index in [0.29, 0.717) is 32.2 Å². The molecule has 1 N–H and O–H groups in total. The Hall–Kier alpha value is -2.71. The number of hydrogen-bond donors (Lipinski definition) is 1. The van der Waals surface area contributed by atoms with Crippen LogP contribution in [0.5, 0.6) is 0 Å². The number of anilines is 1. The first-order valence-electron chi connectivity index (χ1n) is 8.04. The van der Waals surface area contributed by atoms with Crippen molar-refractivity contribution in [3.8, 4) is 0 Å². The fourth-order valence-corrected chi connectivity index (χ4v) is 2.75. The summed E-state index contributed by atoms with van der Waals surface area (Å²) in [5, 5.41) is 3.88. The monoisotopic (exact) mass is 368 g/mol. The van der Waals surface area contributed by atoms with Crippen LogP contribution in [0.1, 0.15) is 24.0 Å². The van der Waals surface area contributed by atoms with Crippen LogP contribution in [0.4, 0.5) is 19.0 Å². The van der Waals surface area contributed by atoms with E-state index in [1.807, 2.05) is 0 Å². The number of carbonyl (C=O) groups is 2. The van der Waals surface area contributed by atoms with Gasteiger partial charge >= 0.3 is 6.18 Å². The van der Waals surface area contributed by atoms with Gasteiger partial charge in [-0.2, -0.15) is 18.3 Å². The molecule has 0 unspecified atom stereocenters. The van der Waals surface area contributed by atoms with Crippen LogP contribution in [0.25, 0.3) is 0 Å². The van der Waals surface area contributed by atoms with Gasteiger partial charge in [0.25, 0.3) is 0 Å². The molecule has 0 saturated carbocycles. The Bertz CT molecular complexity index is 708. The van der Waals surface area contributed by atoms with Crippen LogP contribution >= 0.6 is 0 Å². The molecular formula is C17H19F3N4O2. The third-order valence-electron chi connectivity index (χ3n) is 4.06. The number of allylic oxidation sites excluding steroid dienone is 2. The molecule has 0 aliphatic carbocycles. The van der Waals surface area contributed by atoms with Crippen LogP contribution in [-0.2, 0) is 15.8 Å². The number of alkyl halides is 3. The van der Waals surface area contributed by atoms with E-state index in [2.05, 4.69) is 15.5 Å². The number of rotatable bonds is 6. The normalized spacial score (nSPS) is 16.8. The van der Waals surface area contributed by atoms with Crippen molar-refractivity contribution in [2.75, 3.05) is 25.0 Å². The highest BCUT2D eigenvalue weighted by molar-refractivity contribution is 6.09. The van der Waals surface area contributed by atoms with Crippen molar-refractivity contribution in [2.45, 2.75) is 19.0 Å². The Kier molecular flexibility index (Phi) is 6.48. The first kappa shape index (κ1) is 19.6. The predicted molar refractivity (Wildman–Crippen MR) is 91.0 cm³/mol. The summed E-state index contributed by atoms with van der Waals surface area (Å²) in [6.45, 7) is 0.669. The Morgan fingerprint density at radius 2 is 2.04 bits per heavy atom. The van der Waals surface area contributed by atoms with E-state index < -0.39 is 11.7 Å². The van der Waals surface area contributed by atoms with Gasteiger partial charge in [0, 0.05) is 37.8 Å². The molecule has 1 aromatic heterocycles. The molecule has 0 spiro atoms. The highest BCUT2D eigenvalue weighted by Gasteiger charge is 2.37. The lowest BCUT2D eigenvalue weighted by Gasteiger charge is -2.32. The Labute approximate surface area is 148 Å². The largest absolute Gasteiger partial charge is 0.419 e. The van der Waals surface area contributed by atoms with Gasteiger partial charge in [0.05, 0.1) is 11.3 Å². The quantitative estimate of drug-likeness (QED) is 0.361. The summed E-state index contributed by atoms with van der Waals surface area (Å²) in [6.07, 6.45) is 1.49.